The van der Waals surface area contributed by atoms with Crippen molar-refractivity contribution in [3.63, 3.8) is 0 Å². The van der Waals surface area contributed by atoms with E-state index < -0.39 is 0 Å². The molecule has 3 nitrogen and oxygen atoms in total. The first kappa shape index (κ1) is 14.9. The molecule has 1 rings (SSSR count). The number of nitrogens with zero attached hydrogens (tertiary/aromatic N) is 2. The monoisotopic (exact) mass is 253 g/mol. The minimum absolute atomic E-state index is 0.175. The minimum Gasteiger partial charge on any atom is -0.370 e. The van der Waals surface area contributed by atoms with Crippen molar-refractivity contribution < 1.29 is 4.39 Å². The Labute approximate surface area is 110 Å². The Morgan fingerprint density at radius 2 is 1.89 bits per heavy atom. The summed E-state index contributed by atoms with van der Waals surface area (Å²) in [6.07, 6.45) is 0. The SMILES string of the molecule is CCN(CCNCCN(C)C)c1cccc(F)c1. The van der Waals surface area contributed by atoms with Crippen molar-refractivity contribution >= 4 is 5.69 Å². The third-order valence-electron chi connectivity index (χ3n) is 2.85. The molecule has 0 atom stereocenters. The van der Waals surface area contributed by atoms with Crippen LogP contribution in [0.15, 0.2) is 24.3 Å². The molecule has 0 fully saturated rings. The lowest BCUT2D eigenvalue weighted by atomic mass is 10.2. The van der Waals surface area contributed by atoms with Crippen molar-refractivity contribution in [1.29, 1.82) is 0 Å². The molecule has 0 aliphatic heterocycles. The Morgan fingerprint density at radius 1 is 1.17 bits per heavy atom. The average molecular weight is 253 g/mol. The zero-order valence-electron chi connectivity index (χ0n) is 11.6. The second kappa shape index (κ2) is 8.06. The first-order valence-electron chi connectivity index (χ1n) is 6.49. The van der Waals surface area contributed by atoms with E-state index in [9.17, 15) is 4.39 Å². The van der Waals surface area contributed by atoms with E-state index in [4.69, 9.17) is 0 Å². The summed E-state index contributed by atoms with van der Waals surface area (Å²) in [5.41, 5.74) is 0.951. The largest absolute Gasteiger partial charge is 0.370 e. The van der Waals surface area contributed by atoms with Gasteiger partial charge in [0.2, 0.25) is 0 Å². The summed E-state index contributed by atoms with van der Waals surface area (Å²) in [4.78, 5) is 4.32. The van der Waals surface area contributed by atoms with Gasteiger partial charge in [0.25, 0.3) is 0 Å². The molecular formula is C14H24FN3. The minimum atomic E-state index is -0.175. The van der Waals surface area contributed by atoms with E-state index in [0.717, 1.165) is 38.4 Å². The van der Waals surface area contributed by atoms with Crippen LogP contribution in [0.5, 0.6) is 0 Å². The highest BCUT2D eigenvalue weighted by Crippen LogP contribution is 2.14. The standard InChI is InChI=1S/C14H24FN3/c1-4-18(11-9-16-8-10-17(2)3)14-7-5-6-13(15)12-14/h5-7,12,16H,4,8-11H2,1-3H3. The number of hydrogen-bond acceptors (Lipinski definition) is 3. The molecule has 0 spiro atoms. The van der Waals surface area contributed by atoms with E-state index >= 15 is 0 Å². The van der Waals surface area contributed by atoms with Crippen molar-refractivity contribution in [2.45, 2.75) is 6.92 Å². The smallest absolute Gasteiger partial charge is 0.125 e. The average Bonchev–Trinajstić information content (AvgIpc) is 2.33. The molecule has 0 bridgehead atoms. The summed E-state index contributed by atoms with van der Waals surface area (Å²) in [6.45, 7) is 6.80. The molecule has 0 heterocycles. The fraction of sp³-hybridized carbons (Fsp3) is 0.571. The zero-order valence-corrected chi connectivity index (χ0v) is 11.6. The number of anilines is 1. The molecule has 0 aromatic heterocycles. The van der Waals surface area contributed by atoms with Crippen molar-refractivity contribution in [2.75, 3.05) is 51.7 Å². The van der Waals surface area contributed by atoms with Crippen LogP contribution in [0.3, 0.4) is 0 Å². The van der Waals surface area contributed by atoms with E-state index in [2.05, 4.69) is 36.1 Å². The van der Waals surface area contributed by atoms with Gasteiger partial charge in [0.1, 0.15) is 5.82 Å². The van der Waals surface area contributed by atoms with Crippen molar-refractivity contribution in [3.05, 3.63) is 30.1 Å². The van der Waals surface area contributed by atoms with Crippen molar-refractivity contribution in [3.8, 4) is 0 Å². The molecule has 0 aliphatic carbocycles. The van der Waals surface area contributed by atoms with Crippen LogP contribution in [0.25, 0.3) is 0 Å². The second-order valence-electron chi connectivity index (χ2n) is 4.61. The maximum absolute atomic E-state index is 13.1. The summed E-state index contributed by atoms with van der Waals surface area (Å²) in [7, 11) is 4.12. The van der Waals surface area contributed by atoms with E-state index in [1.165, 1.54) is 6.07 Å². The third-order valence-corrected chi connectivity index (χ3v) is 2.85. The number of benzene rings is 1. The van der Waals surface area contributed by atoms with Gasteiger partial charge in [-0.05, 0) is 39.2 Å². The number of halogens is 1. The van der Waals surface area contributed by atoms with Gasteiger partial charge in [0.05, 0.1) is 0 Å². The lowest BCUT2D eigenvalue weighted by Gasteiger charge is -2.23. The highest BCUT2D eigenvalue weighted by Gasteiger charge is 2.04. The molecule has 1 N–H and O–H groups in total. The van der Waals surface area contributed by atoms with Gasteiger partial charge in [-0.15, -0.1) is 0 Å². The summed E-state index contributed by atoms with van der Waals surface area (Å²) in [5, 5.41) is 3.39. The first-order valence-corrected chi connectivity index (χ1v) is 6.49. The molecule has 102 valence electrons. The molecule has 0 saturated heterocycles. The lowest BCUT2D eigenvalue weighted by molar-refractivity contribution is 0.401. The molecular weight excluding hydrogens is 229 g/mol. The Balaban J connectivity index is 2.34. The highest BCUT2D eigenvalue weighted by molar-refractivity contribution is 5.46. The summed E-state index contributed by atoms with van der Waals surface area (Å²) in [6, 6.07) is 6.77. The van der Waals surface area contributed by atoms with Gasteiger partial charge in [0.15, 0.2) is 0 Å². The van der Waals surface area contributed by atoms with Crippen LogP contribution < -0.4 is 10.2 Å². The van der Waals surface area contributed by atoms with Gasteiger partial charge < -0.3 is 15.1 Å². The lowest BCUT2D eigenvalue weighted by Crippen LogP contribution is -2.35. The number of likely N-dealkylation sites (N-methyl/N-ethyl adjacent to an activating group) is 2. The number of rotatable bonds is 8. The molecule has 1 aromatic carbocycles. The van der Waals surface area contributed by atoms with Crippen LogP contribution in [0.2, 0.25) is 0 Å². The number of nitrogens with one attached hydrogen (secondary N) is 1. The Morgan fingerprint density at radius 3 is 2.50 bits per heavy atom. The van der Waals surface area contributed by atoms with Gasteiger partial charge in [0, 0.05) is 38.4 Å². The quantitative estimate of drug-likeness (QED) is 0.713. The predicted molar refractivity (Wildman–Crippen MR) is 75.7 cm³/mol. The van der Waals surface area contributed by atoms with E-state index in [1.54, 1.807) is 12.1 Å². The van der Waals surface area contributed by atoms with Crippen LogP contribution in [-0.2, 0) is 0 Å². The summed E-state index contributed by atoms with van der Waals surface area (Å²) < 4.78 is 13.1. The number of hydrogen-bond donors (Lipinski definition) is 1. The third kappa shape index (κ3) is 5.47. The van der Waals surface area contributed by atoms with Crippen molar-refractivity contribution in [1.82, 2.24) is 10.2 Å². The summed E-state index contributed by atoms with van der Waals surface area (Å²) in [5.74, 6) is -0.175. The molecule has 1 aromatic rings. The molecule has 0 amide bonds. The fourth-order valence-electron chi connectivity index (χ4n) is 1.78. The van der Waals surface area contributed by atoms with Gasteiger partial charge >= 0.3 is 0 Å². The highest BCUT2D eigenvalue weighted by atomic mass is 19.1. The van der Waals surface area contributed by atoms with E-state index in [-0.39, 0.29) is 5.82 Å². The Bertz CT molecular complexity index is 342. The van der Waals surface area contributed by atoms with Crippen LogP contribution in [0, 0.1) is 5.82 Å². The molecule has 18 heavy (non-hydrogen) atoms. The molecule has 0 radical (unpaired) electrons. The molecule has 0 unspecified atom stereocenters. The van der Waals surface area contributed by atoms with Gasteiger partial charge in [-0.3, -0.25) is 0 Å². The van der Waals surface area contributed by atoms with E-state index in [0.29, 0.717) is 0 Å². The zero-order chi connectivity index (χ0) is 13.4. The van der Waals surface area contributed by atoms with Gasteiger partial charge in [-0.25, -0.2) is 4.39 Å². The van der Waals surface area contributed by atoms with Gasteiger partial charge in [-0.2, -0.15) is 0 Å². The summed E-state index contributed by atoms with van der Waals surface area (Å²) >= 11 is 0. The van der Waals surface area contributed by atoms with Crippen molar-refractivity contribution in [2.24, 2.45) is 0 Å². The molecule has 0 saturated carbocycles. The Hall–Kier alpha value is -1.13. The first-order chi connectivity index (χ1) is 8.63. The second-order valence-corrected chi connectivity index (χ2v) is 4.61. The van der Waals surface area contributed by atoms with Gasteiger partial charge in [-0.1, -0.05) is 6.07 Å². The van der Waals surface area contributed by atoms with Crippen LogP contribution in [0.1, 0.15) is 6.92 Å². The topological polar surface area (TPSA) is 18.5 Å². The fourth-order valence-corrected chi connectivity index (χ4v) is 1.78. The maximum Gasteiger partial charge on any atom is 0.125 e. The normalized spacial score (nSPS) is 10.9. The molecule has 0 aliphatic rings. The van der Waals surface area contributed by atoms with Crippen LogP contribution in [0.4, 0.5) is 10.1 Å². The van der Waals surface area contributed by atoms with Crippen LogP contribution >= 0.6 is 0 Å². The predicted octanol–water partition coefficient (Wildman–Crippen LogP) is 1.80. The van der Waals surface area contributed by atoms with E-state index in [1.807, 2.05) is 6.07 Å². The van der Waals surface area contributed by atoms with Crippen LogP contribution in [-0.4, -0.2) is 51.7 Å². The molecule has 4 heteroatoms. The maximum atomic E-state index is 13.1. The Kier molecular flexibility index (Phi) is 6.68.